The Labute approximate surface area is 159 Å². The van der Waals surface area contributed by atoms with E-state index >= 15 is 0 Å². The minimum absolute atomic E-state index is 0. The molecular weight excluding hydrogens is 353 g/mol. The van der Waals surface area contributed by atoms with Crippen LogP contribution in [0.3, 0.4) is 0 Å². The Kier molecular flexibility index (Phi) is 10.0. The van der Waals surface area contributed by atoms with Crippen LogP contribution in [0.4, 0.5) is 0 Å². The van der Waals surface area contributed by atoms with E-state index in [0.717, 1.165) is 19.0 Å². The lowest BCUT2D eigenvalue weighted by atomic mass is 9.96. The van der Waals surface area contributed by atoms with E-state index in [1.165, 1.54) is 43.5 Å². The van der Waals surface area contributed by atoms with Crippen molar-refractivity contribution in [1.29, 1.82) is 0 Å². The molecule has 0 spiro atoms. The number of rotatable bonds is 5. The molecule has 1 fully saturated rings. The minimum atomic E-state index is 0. The molecule has 0 unspecified atom stereocenters. The van der Waals surface area contributed by atoms with Gasteiger partial charge in [0.25, 0.3) is 0 Å². The van der Waals surface area contributed by atoms with E-state index in [0.29, 0.717) is 6.04 Å². The number of fused-ring (bicyclic) bond motifs is 1. The van der Waals surface area contributed by atoms with Crippen molar-refractivity contribution in [1.82, 2.24) is 14.8 Å². The van der Waals surface area contributed by atoms with Crippen molar-refractivity contribution >= 4 is 37.2 Å². The van der Waals surface area contributed by atoms with Crippen LogP contribution < -0.4 is 0 Å². The second-order valence-corrected chi connectivity index (χ2v) is 6.87. The van der Waals surface area contributed by atoms with Gasteiger partial charge in [-0.25, -0.2) is 0 Å². The van der Waals surface area contributed by atoms with Gasteiger partial charge in [0.1, 0.15) is 0 Å². The number of hydrogen-bond acceptors (Lipinski definition) is 3. The van der Waals surface area contributed by atoms with Gasteiger partial charge in [-0.2, -0.15) is 0 Å². The predicted molar refractivity (Wildman–Crippen MR) is 104 cm³/mol. The molecule has 0 bridgehead atoms. The summed E-state index contributed by atoms with van der Waals surface area (Å²) in [5.41, 5.74) is 4.47. The molecule has 1 aromatic rings. The quantitative estimate of drug-likeness (QED) is 0.768. The van der Waals surface area contributed by atoms with Crippen molar-refractivity contribution in [3.8, 4) is 0 Å². The van der Waals surface area contributed by atoms with Crippen LogP contribution in [0.25, 0.3) is 0 Å². The molecule has 1 saturated carbocycles. The van der Waals surface area contributed by atoms with Crippen molar-refractivity contribution in [2.45, 2.75) is 52.2 Å². The van der Waals surface area contributed by atoms with Crippen LogP contribution >= 0.6 is 37.2 Å². The molecule has 0 N–H and O–H groups in total. The summed E-state index contributed by atoms with van der Waals surface area (Å²) < 4.78 is 0. The summed E-state index contributed by atoms with van der Waals surface area (Å²) in [6.45, 7) is 9.16. The van der Waals surface area contributed by atoms with E-state index in [-0.39, 0.29) is 37.2 Å². The van der Waals surface area contributed by atoms with Gasteiger partial charge in [-0.1, -0.05) is 0 Å². The van der Waals surface area contributed by atoms with Gasteiger partial charge in [0, 0.05) is 44.6 Å². The molecule has 23 heavy (non-hydrogen) atoms. The highest BCUT2D eigenvalue weighted by Crippen LogP contribution is 2.32. The summed E-state index contributed by atoms with van der Waals surface area (Å²) in [5, 5.41) is 0. The number of hydrogen-bond donors (Lipinski definition) is 0. The normalized spacial score (nSPS) is 17.1. The van der Waals surface area contributed by atoms with Gasteiger partial charge in [-0.05, 0) is 62.8 Å². The molecule has 1 aliphatic heterocycles. The molecule has 2 aliphatic rings. The molecule has 6 heteroatoms. The molecule has 134 valence electrons. The Bertz CT molecular complexity index is 478. The van der Waals surface area contributed by atoms with Crippen molar-refractivity contribution in [3.63, 3.8) is 0 Å². The van der Waals surface area contributed by atoms with Gasteiger partial charge in [0.2, 0.25) is 0 Å². The number of aromatic nitrogens is 1. The summed E-state index contributed by atoms with van der Waals surface area (Å²) in [6.07, 6.45) is 8.26. The Hall–Kier alpha value is -0.0600. The highest BCUT2D eigenvalue weighted by molar-refractivity contribution is 5.86. The Morgan fingerprint density at radius 2 is 1.91 bits per heavy atom. The second-order valence-electron chi connectivity index (χ2n) is 6.87. The Morgan fingerprint density at radius 1 is 1.22 bits per heavy atom. The maximum atomic E-state index is 4.49. The molecule has 0 aromatic carbocycles. The fourth-order valence-electron chi connectivity index (χ4n) is 3.04. The third-order valence-corrected chi connectivity index (χ3v) is 4.82. The van der Waals surface area contributed by atoms with E-state index < -0.39 is 0 Å². The lowest BCUT2D eigenvalue weighted by Gasteiger charge is -2.31. The molecular formula is C17H30Cl3N3. The highest BCUT2D eigenvalue weighted by Gasteiger charge is 2.27. The number of halogens is 3. The molecule has 0 saturated heterocycles. The maximum absolute atomic E-state index is 4.49. The number of nitrogens with zero attached hydrogens (tertiary/aromatic N) is 3. The Morgan fingerprint density at radius 3 is 2.52 bits per heavy atom. The smallest absolute Gasteiger partial charge is 0.0315 e. The summed E-state index contributed by atoms with van der Waals surface area (Å²) >= 11 is 0. The topological polar surface area (TPSA) is 19.4 Å². The van der Waals surface area contributed by atoms with Crippen LogP contribution in [0.15, 0.2) is 12.4 Å². The maximum Gasteiger partial charge on any atom is 0.0315 e. The lowest BCUT2D eigenvalue weighted by Crippen LogP contribution is -2.34. The molecule has 1 aliphatic carbocycles. The first-order chi connectivity index (χ1) is 9.63. The van der Waals surface area contributed by atoms with E-state index in [9.17, 15) is 0 Å². The van der Waals surface area contributed by atoms with Crippen LogP contribution in [0.2, 0.25) is 0 Å². The van der Waals surface area contributed by atoms with Gasteiger partial charge in [0.15, 0.2) is 0 Å². The average Bonchev–Trinajstić information content (AvgIpc) is 3.22. The third-order valence-electron chi connectivity index (χ3n) is 4.82. The first kappa shape index (κ1) is 22.9. The fourth-order valence-corrected chi connectivity index (χ4v) is 3.04. The molecule has 3 nitrogen and oxygen atoms in total. The molecule has 3 rings (SSSR count). The molecule has 1 aromatic heterocycles. The van der Waals surface area contributed by atoms with E-state index in [2.05, 4.69) is 48.1 Å². The van der Waals surface area contributed by atoms with Crippen LogP contribution in [0.1, 0.15) is 43.4 Å². The molecule has 0 atom stereocenters. The van der Waals surface area contributed by atoms with E-state index in [1.54, 1.807) is 5.56 Å². The van der Waals surface area contributed by atoms with Crippen molar-refractivity contribution < 1.29 is 0 Å². The summed E-state index contributed by atoms with van der Waals surface area (Å²) in [5.74, 6) is 0.986. The highest BCUT2D eigenvalue weighted by atomic mass is 35.5. The zero-order chi connectivity index (χ0) is 14.1. The van der Waals surface area contributed by atoms with Crippen LogP contribution in [0, 0.1) is 5.92 Å². The van der Waals surface area contributed by atoms with E-state index in [1.807, 2.05) is 0 Å². The predicted octanol–water partition coefficient (Wildman–Crippen LogP) is 3.96. The number of pyridine rings is 1. The first-order valence-electron chi connectivity index (χ1n) is 8.00. The van der Waals surface area contributed by atoms with Gasteiger partial charge in [-0.15, -0.1) is 37.2 Å². The van der Waals surface area contributed by atoms with Crippen LogP contribution in [-0.2, 0) is 19.5 Å². The van der Waals surface area contributed by atoms with Gasteiger partial charge < -0.3 is 0 Å². The van der Waals surface area contributed by atoms with Crippen LogP contribution in [-0.4, -0.2) is 41.0 Å². The summed E-state index contributed by atoms with van der Waals surface area (Å²) in [4.78, 5) is 9.51. The van der Waals surface area contributed by atoms with Crippen LogP contribution in [0.5, 0.6) is 0 Å². The zero-order valence-electron chi connectivity index (χ0n) is 14.3. The fraction of sp³-hybridized carbons (Fsp3) is 0.706. The molecule has 0 amide bonds. The SMILES string of the molecule is CC(C)N(C)Cc1cncc2c1CCN(CC1CC1)C2.Cl.Cl.Cl. The van der Waals surface area contributed by atoms with Gasteiger partial charge in [0.05, 0.1) is 0 Å². The van der Waals surface area contributed by atoms with Crippen molar-refractivity contribution in [2.75, 3.05) is 20.1 Å². The zero-order valence-corrected chi connectivity index (χ0v) is 16.8. The molecule has 0 radical (unpaired) electrons. The van der Waals surface area contributed by atoms with Crippen molar-refractivity contribution in [3.05, 3.63) is 29.1 Å². The summed E-state index contributed by atoms with van der Waals surface area (Å²) in [6, 6.07) is 0.584. The average molecular weight is 383 g/mol. The molecule has 2 heterocycles. The minimum Gasteiger partial charge on any atom is -0.300 e. The second kappa shape index (κ2) is 10.0. The lowest BCUT2D eigenvalue weighted by molar-refractivity contribution is 0.238. The third kappa shape index (κ3) is 6.06. The summed E-state index contributed by atoms with van der Waals surface area (Å²) in [7, 11) is 2.20. The van der Waals surface area contributed by atoms with Crippen molar-refractivity contribution in [2.24, 2.45) is 5.92 Å². The monoisotopic (exact) mass is 381 g/mol. The van der Waals surface area contributed by atoms with Gasteiger partial charge in [-0.3, -0.25) is 14.8 Å². The van der Waals surface area contributed by atoms with Gasteiger partial charge >= 0.3 is 0 Å². The Balaban J connectivity index is 0.00000161. The standard InChI is InChI=1S/C17H27N3.3ClH/c1-13(2)19(3)11-15-8-18-9-16-12-20(7-6-17(15)16)10-14-4-5-14;;;/h8-9,13-14H,4-7,10-12H2,1-3H3;3*1H. The van der Waals surface area contributed by atoms with E-state index in [4.69, 9.17) is 0 Å². The first-order valence-corrected chi connectivity index (χ1v) is 8.00. The largest absolute Gasteiger partial charge is 0.300 e.